The lowest BCUT2D eigenvalue weighted by Gasteiger charge is -2.67. The fourth-order valence-electron chi connectivity index (χ4n) is 12.7. The van der Waals surface area contributed by atoms with E-state index in [4.69, 9.17) is 42.6 Å². The van der Waals surface area contributed by atoms with Crippen LogP contribution in [-0.4, -0.2) is 170 Å². The van der Waals surface area contributed by atoms with Crippen molar-refractivity contribution >= 4 is 59.5 Å². The number of benzene rings is 4. The molecule has 9 rings (SSSR count). The third-order valence-corrected chi connectivity index (χ3v) is 17.3. The SMILES string of the molecule is CC(=O)O[C@H]1C(=O)[C@@]2(C)[C@H]([C@H](OC(=O)c3ccccc3)[C@]3(O)C[C@H](OC(=O)[C@H](OC(=O)OCc4ccc(NC(=O)O[C@@H]5O[C@H](C(=O)O)[C@@H](O)[C@H](O)[C@H]5O)cc4)[C@@H](NC(=O)c4ccccc4)c4ccccc4)C(C)=C1C3(C)C)[C@]1(OC(C)=O)CO[C@@H]1C[C@@H]2O. The van der Waals surface area contributed by atoms with E-state index in [2.05, 4.69) is 10.6 Å². The average molecular weight is 1220 g/mol. The van der Waals surface area contributed by atoms with Crippen molar-refractivity contribution in [3.63, 3.8) is 0 Å². The number of Topliss-reactive ketones (excluding diaryl/α,β-unsaturated/α-hetero) is 1. The van der Waals surface area contributed by atoms with Gasteiger partial charge in [0.1, 0.15) is 54.9 Å². The van der Waals surface area contributed by atoms with Gasteiger partial charge in [-0.15, -0.1) is 0 Å². The van der Waals surface area contributed by atoms with Crippen LogP contribution in [0.1, 0.15) is 92.3 Å². The maximum absolute atomic E-state index is 15.9. The smallest absolute Gasteiger partial charge is 0.479 e. The van der Waals surface area contributed by atoms with Crippen LogP contribution in [0.3, 0.4) is 0 Å². The number of nitrogens with one attached hydrogen (secondary N) is 2. The molecule has 0 aromatic heterocycles. The van der Waals surface area contributed by atoms with Crippen LogP contribution in [0, 0.1) is 16.7 Å². The Balaban J connectivity index is 1.07. The molecule has 3 aliphatic carbocycles. The summed E-state index contributed by atoms with van der Waals surface area (Å²) in [6.45, 7) is 6.96. The molecule has 2 bridgehead atoms. The summed E-state index contributed by atoms with van der Waals surface area (Å²) in [5.41, 5.74) is -7.94. The molecule has 0 spiro atoms. The number of hydrogen-bond acceptors (Lipinski definition) is 23. The van der Waals surface area contributed by atoms with Gasteiger partial charge in [-0.1, -0.05) is 92.7 Å². The second-order valence-corrected chi connectivity index (χ2v) is 22.9. The molecule has 4 aromatic carbocycles. The molecule has 2 amide bonds. The summed E-state index contributed by atoms with van der Waals surface area (Å²) in [6, 6.07) is 27.0. The zero-order chi connectivity index (χ0) is 63.8. The highest BCUT2D eigenvalue weighted by molar-refractivity contribution is 5.96. The van der Waals surface area contributed by atoms with Gasteiger partial charge in [-0.25, -0.2) is 24.0 Å². The standard InChI is InChI=1S/C62H66N2O24/c1-30-38(27-62(79)51(86-54(75)36-20-14-9-15-21-36)49-60(6,39(67)26-40-61(49,29-81-40)88-32(3)66)50(71)46(82-31(2)65)41(30)59(62,4)5)83-55(76)47(42(34-16-10-7-11-17-34)64-52(72)35-18-12-8-13-19-35)85-58(78)80-28-33-22-24-37(25-23-33)63-57(77)87-56-45(70)43(68)44(69)48(84-56)53(73)74/h7-25,38-40,42-49,51,56,67-70,79H,26-29H2,1-6H3,(H,63,77)(H,64,72)(H,73,74)/t38-,39-,40+,42-,43-,44-,45+,46+,47+,48-,49-,51-,56-,60+,61-,62+/m0/s1. The molecule has 0 radical (unpaired) electrons. The molecule has 8 N–H and O–H groups in total. The molecule has 0 unspecified atom stereocenters. The molecule has 2 saturated carbocycles. The molecule has 468 valence electrons. The van der Waals surface area contributed by atoms with E-state index < -0.39 is 175 Å². The molecule has 2 heterocycles. The lowest BCUT2D eigenvalue weighted by atomic mass is 9.44. The number of carboxylic acid groups (broad SMARTS) is 1. The first kappa shape index (κ1) is 63.9. The van der Waals surface area contributed by atoms with Gasteiger partial charge in [0.2, 0.25) is 12.4 Å². The lowest BCUT2D eigenvalue weighted by Crippen LogP contribution is -2.82. The minimum absolute atomic E-state index is 0.0111. The van der Waals surface area contributed by atoms with Gasteiger partial charge >= 0.3 is 42.1 Å². The maximum Gasteiger partial charge on any atom is 0.509 e. The summed E-state index contributed by atoms with van der Waals surface area (Å²) >= 11 is 0. The number of esters is 4. The van der Waals surface area contributed by atoms with Crippen molar-refractivity contribution in [2.45, 2.75) is 146 Å². The molecule has 88 heavy (non-hydrogen) atoms. The van der Waals surface area contributed by atoms with Gasteiger partial charge in [-0.3, -0.25) is 24.5 Å². The van der Waals surface area contributed by atoms with Gasteiger partial charge in [-0.2, -0.15) is 0 Å². The fraction of sp³-hybridized carbons (Fsp3) is 0.435. The Morgan fingerprint density at radius 2 is 1.35 bits per heavy atom. The van der Waals surface area contributed by atoms with Crippen LogP contribution < -0.4 is 10.6 Å². The van der Waals surface area contributed by atoms with E-state index in [0.717, 1.165) is 13.8 Å². The van der Waals surface area contributed by atoms with Crippen molar-refractivity contribution in [1.82, 2.24) is 5.32 Å². The second-order valence-electron chi connectivity index (χ2n) is 22.9. The van der Waals surface area contributed by atoms with E-state index in [1.165, 1.54) is 88.4 Å². The van der Waals surface area contributed by atoms with E-state index in [-0.39, 0.29) is 45.5 Å². The van der Waals surface area contributed by atoms with E-state index >= 15 is 9.59 Å². The van der Waals surface area contributed by atoms with Crippen LogP contribution in [0.15, 0.2) is 126 Å². The molecule has 4 fully saturated rings. The van der Waals surface area contributed by atoms with Crippen molar-refractivity contribution in [3.05, 3.63) is 149 Å². The molecule has 5 aliphatic rings. The molecule has 26 heteroatoms. The summed E-state index contributed by atoms with van der Waals surface area (Å²) < 4.78 is 52.2. The number of anilines is 1. The minimum atomic E-state index is -2.57. The van der Waals surface area contributed by atoms with Crippen molar-refractivity contribution < 1.29 is 116 Å². The minimum Gasteiger partial charge on any atom is -0.479 e. The van der Waals surface area contributed by atoms with Gasteiger partial charge in [-0.05, 0) is 72.5 Å². The number of aliphatic hydroxyl groups excluding tert-OH is 4. The number of ether oxygens (including phenoxy) is 9. The third-order valence-electron chi connectivity index (χ3n) is 17.3. The number of amides is 2. The predicted octanol–water partition coefficient (Wildman–Crippen LogP) is 3.54. The van der Waals surface area contributed by atoms with Crippen LogP contribution in [0.25, 0.3) is 0 Å². The monoisotopic (exact) mass is 1220 g/mol. The Hall–Kier alpha value is -8.63. The maximum atomic E-state index is 15.9. The van der Waals surface area contributed by atoms with Gasteiger partial charge in [0.15, 0.2) is 23.6 Å². The normalized spacial score (nSPS) is 30.9. The Kier molecular flexibility index (Phi) is 18.3. The highest BCUT2D eigenvalue weighted by atomic mass is 16.7. The van der Waals surface area contributed by atoms with Gasteiger partial charge in [0.25, 0.3) is 5.91 Å². The summed E-state index contributed by atoms with van der Waals surface area (Å²) in [5, 5.41) is 71.1. The Morgan fingerprint density at radius 1 is 0.739 bits per heavy atom. The molecular formula is C62H66N2O24. The van der Waals surface area contributed by atoms with Gasteiger partial charge < -0.3 is 78.6 Å². The number of fused-ring (bicyclic) bond motifs is 5. The number of carboxylic acids is 1. The van der Waals surface area contributed by atoms with Crippen molar-refractivity contribution in [2.75, 3.05) is 11.9 Å². The number of rotatable bonds is 16. The Labute approximate surface area is 502 Å². The lowest BCUT2D eigenvalue weighted by molar-refractivity contribution is -0.346. The van der Waals surface area contributed by atoms with Crippen LogP contribution in [0.5, 0.6) is 0 Å². The predicted molar refractivity (Wildman–Crippen MR) is 298 cm³/mol. The van der Waals surface area contributed by atoms with Crippen LogP contribution in [0.4, 0.5) is 15.3 Å². The van der Waals surface area contributed by atoms with Crippen LogP contribution >= 0.6 is 0 Å². The summed E-state index contributed by atoms with van der Waals surface area (Å²) in [6.07, 6.45) is -24.5. The number of aliphatic carboxylic acids is 1. The largest absolute Gasteiger partial charge is 0.509 e. The van der Waals surface area contributed by atoms with Crippen LogP contribution in [-0.2, 0) is 73.2 Å². The summed E-state index contributed by atoms with van der Waals surface area (Å²) in [4.78, 5) is 125. The van der Waals surface area contributed by atoms with Gasteiger partial charge in [0, 0.05) is 43.4 Å². The number of ketones is 1. The molecule has 26 nitrogen and oxygen atoms in total. The van der Waals surface area contributed by atoms with Crippen molar-refractivity contribution in [1.29, 1.82) is 0 Å². The van der Waals surface area contributed by atoms with Crippen molar-refractivity contribution in [2.24, 2.45) is 16.7 Å². The molecular weight excluding hydrogens is 1160 g/mol. The summed E-state index contributed by atoms with van der Waals surface area (Å²) in [7, 11) is 0. The molecule has 2 saturated heterocycles. The number of carbonyl (C=O) groups is 9. The highest BCUT2D eigenvalue weighted by Gasteiger charge is 2.78. The van der Waals surface area contributed by atoms with E-state index in [9.17, 15) is 64.2 Å². The zero-order valence-corrected chi connectivity index (χ0v) is 48.3. The topological polar surface area (TPSA) is 382 Å². The van der Waals surface area contributed by atoms with Crippen molar-refractivity contribution in [3.8, 4) is 0 Å². The molecule has 2 aliphatic heterocycles. The van der Waals surface area contributed by atoms with E-state index in [1.807, 2.05) is 0 Å². The average Bonchev–Trinajstić information content (AvgIpc) is 0.672. The van der Waals surface area contributed by atoms with Gasteiger partial charge in [0.05, 0.1) is 29.6 Å². The first-order chi connectivity index (χ1) is 41.6. The zero-order valence-electron chi connectivity index (χ0n) is 48.3. The number of aliphatic hydroxyl groups is 5. The quantitative estimate of drug-likeness (QED) is 0.0452. The molecule has 16 atom stereocenters. The van der Waals surface area contributed by atoms with Crippen LogP contribution in [0.2, 0.25) is 0 Å². The Bertz CT molecular complexity index is 3360. The Morgan fingerprint density at radius 3 is 1.93 bits per heavy atom. The summed E-state index contributed by atoms with van der Waals surface area (Å²) in [5.74, 6) is -9.32. The number of carbonyl (C=O) groups excluding carboxylic acids is 8. The highest BCUT2D eigenvalue weighted by Crippen LogP contribution is 2.64. The molecule has 4 aromatic rings. The number of hydrogen-bond donors (Lipinski definition) is 8. The first-order valence-electron chi connectivity index (χ1n) is 28.0. The third kappa shape index (κ3) is 12.1. The van der Waals surface area contributed by atoms with E-state index in [0.29, 0.717) is 0 Å². The first-order valence-corrected chi connectivity index (χ1v) is 28.0. The van der Waals surface area contributed by atoms with E-state index in [1.54, 1.807) is 54.6 Å². The second kappa shape index (κ2) is 25.2. The fourth-order valence-corrected chi connectivity index (χ4v) is 12.7.